The maximum atomic E-state index is 12.7. The summed E-state index contributed by atoms with van der Waals surface area (Å²) < 4.78 is 10.1. The third-order valence-electron chi connectivity index (χ3n) is 4.93. The minimum Gasteiger partial charge on any atom is -0.467 e. The molecule has 0 bridgehead atoms. The predicted molar refractivity (Wildman–Crippen MR) is 122 cm³/mol. The minimum atomic E-state index is -1.01. The molecular weight excluding hydrogens is 412 g/mol. The van der Waals surface area contributed by atoms with Crippen molar-refractivity contribution in [3.63, 3.8) is 0 Å². The van der Waals surface area contributed by atoms with Gasteiger partial charge in [0, 0.05) is 5.92 Å². The second kappa shape index (κ2) is 12.4. The first-order valence-corrected chi connectivity index (χ1v) is 10.9. The van der Waals surface area contributed by atoms with Crippen LogP contribution in [0.4, 0.5) is 4.79 Å². The van der Waals surface area contributed by atoms with Crippen LogP contribution in [0, 0.1) is 11.8 Å². The Balaban J connectivity index is 2.88. The van der Waals surface area contributed by atoms with E-state index in [1.807, 2.05) is 44.2 Å². The minimum absolute atomic E-state index is 0.0884. The van der Waals surface area contributed by atoms with Gasteiger partial charge in [0.2, 0.25) is 5.91 Å². The van der Waals surface area contributed by atoms with Crippen LogP contribution in [-0.2, 0) is 25.5 Å². The molecule has 2 amide bonds. The summed E-state index contributed by atoms with van der Waals surface area (Å²) in [6.45, 7) is 10.6. The number of carbonyl (C=O) groups is 3. The van der Waals surface area contributed by atoms with Crippen LogP contribution < -0.4 is 10.6 Å². The average Bonchev–Trinajstić information content (AvgIpc) is 2.69. The normalized spacial score (nSPS) is 15.3. The van der Waals surface area contributed by atoms with Crippen LogP contribution >= 0.6 is 0 Å². The van der Waals surface area contributed by atoms with Gasteiger partial charge < -0.3 is 25.2 Å². The summed E-state index contributed by atoms with van der Waals surface area (Å²) in [4.78, 5) is 36.9. The van der Waals surface area contributed by atoms with E-state index in [1.165, 1.54) is 7.11 Å². The van der Waals surface area contributed by atoms with Gasteiger partial charge in [-0.05, 0) is 45.1 Å². The third kappa shape index (κ3) is 9.68. The highest BCUT2D eigenvalue weighted by Crippen LogP contribution is 2.16. The van der Waals surface area contributed by atoms with Crippen molar-refractivity contribution >= 4 is 18.0 Å². The van der Waals surface area contributed by atoms with Gasteiger partial charge in [-0.1, -0.05) is 51.1 Å². The molecule has 0 saturated heterocycles. The summed E-state index contributed by atoms with van der Waals surface area (Å²) in [6, 6.07) is 8.00. The number of hydrogen-bond donors (Lipinski definition) is 3. The number of hydrogen-bond acceptors (Lipinski definition) is 6. The molecule has 0 aliphatic carbocycles. The van der Waals surface area contributed by atoms with E-state index < -0.39 is 41.8 Å². The van der Waals surface area contributed by atoms with Crippen molar-refractivity contribution in [3.8, 4) is 0 Å². The number of carbonyl (C=O) groups excluding carboxylic acids is 3. The third-order valence-corrected chi connectivity index (χ3v) is 4.93. The standard InChI is InChI=1S/C24H38N2O6/c1-15(2)20(22(29)31-7)26-21(28)16(3)13-19(27)18(14-17-11-9-8-10-12-17)25-23(30)32-24(4,5)6/h8-12,15-16,18-20,27H,13-14H2,1-7H3,(H,25,30)(H,26,28)/t16-,18+,19+,20-/m1/s1. The Morgan fingerprint density at radius 3 is 2.12 bits per heavy atom. The fraction of sp³-hybridized carbons (Fsp3) is 0.625. The molecule has 1 aromatic rings. The Labute approximate surface area is 191 Å². The van der Waals surface area contributed by atoms with E-state index in [0.717, 1.165) is 5.56 Å². The van der Waals surface area contributed by atoms with Crippen molar-refractivity contribution in [2.45, 2.75) is 78.2 Å². The molecule has 0 fully saturated rings. The molecule has 0 spiro atoms. The lowest BCUT2D eigenvalue weighted by atomic mass is 9.93. The Hall–Kier alpha value is -2.61. The zero-order valence-electron chi connectivity index (χ0n) is 20.2. The molecule has 0 aliphatic rings. The van der Waals surface area contributed by atoms with E-state index in [1.54, 1.807) is 27.7 Å². The van der Waals surface area contributed by atoms with Gasteiger partial charge in [-0.2, -0.15) is 0 Å². The lowest BCUT2D eigenvalue weighted by Crippen LogP contribution is -2.50. The lowest BCUT2D eigenvalue weighted by Gasteiger charge is -2.28. The van der Waals surface area contributed by atoms with Gasteiger partial charge in [0.15, 0.2) is 0 Å². The Morgan fingerprint density at radius 1 is 1.03 bits per heavy atom. The van der Waals surface area contributed by atoms with Crippen molar-refractivity contribution in [3.05, 3.63) is 35.9 Å². The van der Waals surface area contributed by atoms with E-state index in [2.05, 4.69) is 10.6 Å². The second-order valence-corrected chi connectivity index (χ2v) is 9.40. The summed E-state index contributed by atoms with van der Waals surface area (Å²) in [5.74, 6) is -1.64. The number of rotatable bonds is 10. The second-order valence-electron chi connectivity index (χ2n) is 9.40. The molecule has 3 N–H and O–H groups in total. The zero-order valence-corrected chi connectivity index (χ0v) is 20.2. The average molecular weight is 451 g/mol. The monoisotopic (exact) mass is 450 g/mol. The Kier molecular flexibility index (Phi) is 10.7. The van der Waals surface area contributed by atoms with Gasteiger partial charge in [0.1, 0.15) is 11.6 Å². The van der Waals surface area contributed by atoms with Gasteiger partial charge in [0.05, 0.1) is 19.3 Å². The number of ether oxygens (including phenoxy) is 2. The summed E-state index contributed by atoms with van der Waals surface area (Å²) in [6.07, 6.45) is -1.20. The summed E-state index contributed by atoms with van der Waals surface area (Å²) in [5.41, 5.74) is 0.245. The van der Waals surface area contributed by atoms with E-state index in [4.69, 9.17) is 9.47 Å². The van der Waals surface area contributed by atoms with Crippen molar-refractivity contribution < 1.29 is 29.0 Å². The van der Waals surface area contributed by atoms with Gasteiger partial charge in [-0.15, -0.1) is 0 Å². The van der Waals surface area contributed by atoms with Crippen LogP contribution in [0.3, 0.4) is 0 Å². The summed E-state index contributed by atoms with van der Waals surface area (Å²) in [7, 11) is 1.27. The van der Waals surface area contributed by atoms with E-state index >= 15 is 0 Å². The van der Waals surface area contributed by atoms with Crippen LogP contribution in [0.1, 0.15) is 53.5 Å². The van der Waals surface area contributed by atoms with Crippen LogP contribution in [0.2, 0.25) is 0 Å². The van der Waals surface area contributed by atoms with Crippen molar-refractivity contribution in [2.75, 3.05) is 7.11 Å². The number of aliphatic hydroxyl groups excluding tert-OH is 1. The highest BCUT2D eigenvalue weighted by Gasteiger charge is 2.31. The molecule has 0 unspecified atom stereocenters. The summed E-state index contributed by atoms with van der Waals surface area (Å²) >= 11 is 0. The van der Waals surface area contributed by atoms with Gasteiger partial charge in [-0.25, -0.2) is 9.59 Å². The number of alkyl carbamates (subject to hydrolysis) is 1. The fourth-order valence-corrected chi connectivity index (χ4v) is 3.16. The molecule has 180 valence electrons. The van der Waals surface area contributed by atoms with Crippen molar-refractivity contribution in [1.29, 1.82) is 0 Å². The lowest BCUT2D eigenvalue weighted by molar-refractivity contribution is -0.147. The molecule has 0 heterocycles. The topological polar surface area (TPSA) is 114 Å². The Morgan fingerprint density at radius 2 is 1.62 bits per heavy atom. The molecule has 0 aromatic heterocycles. The first kappa shape index (κ1) is 27.4. The van der Waals surface area contributed by atoms with Crippen LogP contribution in [-0.4, -0.2) is 54.0 Å². The van der Waals surface area contributed by atoms with E-state index in [-0.39, 0.29) is 18.2 Å². The number of methoxy groups -OCH3 is 1. The first-order valence-electron chi connectivity index (χ1n) is 10.9. The van der Waals surface area contributed by atoms with Gasteiger partial charge in [0.25, 0.3) is 0 Å². The SMILES string of the molecule is COC(=O)[C@H](NC(=O)[C@H](C)C[C@H](O)[C@H](Cc1ccccc1)NC(=O)OC(C)(C)C)C(C)C. The molecule has 32 heavy (non-hydrogen) atoms. The summed E-state index contributed by atoms with van der Waals surface area (Å²) in [5, 5.41) is 16.3. The highest BCUT2D eigenvalue weighted by atomic mass is 16.6. The van der Waals surface area contributed by atoms with Crippen LogP contribution in [0.15, 0.2) is 30.3 Å². The number of aliphatic hydroxyl groups is 1. The molecule has 0 radical (unpaired) electrons. The number of benzene rings is 1. The van der Waals surface area contributed by atoms with Crippen molar-refractivity contribution in [2.24, 2.45) is 11.8 Å². The highest BCUT2D eigenvalue weighted by molar-refractivity contribution is 5.85. The maximum Gasteiger partial charge on any atom is 0.407 e. The molecule has 8 heteroatoms. The van der Waals surface area contributed by atoms with Crippen molar-refractivity contribution in [1.82, 2.24) is 10.6 Å². The number of esters is 1. The predicted octanol–water partition coefficient (Wildman–Crippen LogP) is 2.82. The zero-order chi connectivity index (χ0) is 24.5. The number of nitrogens with one attached hydrogen (secondary N) is 2. The molecule has 0 aliphatic heterocycles. The van der Waals surface area contributed by atoms with Gasteiger partial charge in [-0.3, -0.25) is 4.79 Å². The van der Waals surface area contributed by atoms with Crippen LogP contribution in [0.25, 0.3) is 0 Å². The molecule has 1 rings (SSSR count). The quantitative estimate of drug-likeness (QED) is 0.472. The van der Waals surface area contributed by atoms with E-state index in [0.29, 0.717) is 6.42 Å². The molecule has 0 saturated carbocycles. The fourth-order valence-electron chi connectivity index (χ4n) is 3.16. The largest absolute Gasteiger partial charge is 0.467 e. The van der Waals surface area contributed by atoms with Gasteiger partial charge >= 0.3 is 12.1 Å². The Bertz CT molecular complexity index is 745. The first-order chi connectivity index (χ1) is 14.8. The van der Waals surface area contributed by atoms with Crippen LogP contribution in [0.5, 0.6) is 0 Å². The molecular formula is C24H38N2O6. The molecule has 1 aromatic carbocycles. The number of amides is 2. The molecule has 4 atom stereocenters. The maximum absolute atomic E-state index is 12.7. The molecule has 8 nitrogen and oxygen atoms in total. The smallest absolute Gasteiger partial charge is 0.407 e. The van der Waals surface area contributed by atoms with E-state index in [9.17, 15) is 19.5 Å².